The highest BCUT2D eigenvalue weighted by Gasteiger charge is 2.33. The van der Waals surface area contributed by atoms with Crippen LogP contribution in [0.4, 0.5) is 15.8 Å². The van der Waals surface area contributed by atoms with Crippen molar-refractivity contribution in [2.75, 3.05) is 43.1 Å². The van der Waals surface area contributed by atoms with Crippen LogP contribution in [0, 0.1) is 5.95 Å². The van der Waals surface area contributed by atoms with Gasteiger partial charge in [-0.05, 0) is 74.1 Å². The summed E-state index contributed by atoms with van der Waals surface area (Å²) in [5.41, 5.74) is 3.59. The Morgan fingerprint density at radius 2 is 1.86 bits per heavy atom. The maximum absolute atomic E-state index is 16.7. The van der Waals surface area contributed by atoms with Crippen molar-refractivity contribution >= 4 is 22.3 Å². The summed E-state index contributed by atoms with van der Waals surface area (Å²) in [5.74, 6) is 0.0956. The molecular formula is C34H39FN6O3. The van der Waals surface area contributed by atoms with Crippen LogP contribution in [0.2, 0.25) is 0 Å². The number of ether oxygens (including phenoxy) is 1. The SMILES string of the molecule is COc1cc(CN(Cc2c(F)n(C3CC3)c3cc(N4CC[C@@H](O)C4)ccc3c2=O)[C@H]2CCCN(c3cccnc3)C2)ccn1. The fourth-order valence-electron chi connectivity index (χ4n) is 6.86. The molecule has 1 saturated carbocycles. The molecule has 0 spiro atoms. The molecule has 1 aliphatic carbocycles. The second kappa shape index (κ2) is 12.2. The van der Waals surface area contributed by atoms with E-state index in [1.807, 2.05) is 42.6 Å². The molecule has 2 saturated heterocycles. The van der Waals surface area contributed by atoms with E-state index in [1.54, 1.807) is 24.1 Å². The van der Waals surface area contributed by atoms with Crippen LogP contribution in [0.15, 0.2) is 65.8 Å². The molecule has 1 aromatic carbocycles. The van der Waals surface area contributed by atoms with Crippen LogP contribution in [0.1, 0.15) is 49.3 Å². The standard InChI is InChI=1S/C34H39FN6O3/c1-44-32-16-23(10-13-37-32)19-40(27-5-3-14-38(20-27)26-4-2-12-36-18-26)22-30-33(43)29-9-8-25(39-15-11-28(42)21-39)17-31(29)41(34(30)35)24-6-7-24/h2,4,8-10,12-13,16-18,24,27-28,42H,3,5-7,11,14-15,19-22H2,1H3/t27-,28+/m0/s1. The van der Waals surface area contributed by atoms with Gasteiger partial charge >= 0.3 is 0 Å². The summed E-state index contributed by atoms with van der Waals surface area (Å²) in [4.78, 5) is 29.4. The van der Waals surface area contributed by atoms with Gasteiger partial charge in [0.1, 0.15) is 0 Å². The molecule has 2 atom stereocenters. The number of fused-ring (bicyclic) bond motifs is 1. The number of halogens is 1. The molecule has 1 N–H and O–H groups in total. The van der Waals surface area contributed by atoms with Gasteiger partial charge in [-0.3, -0.25) is 14.7 Å². The normalized spacial score (nSPS) is 20.5. The highest BCUT2D eigenvalue weighted by atomic mass is 19.1. The number of aliphatic hydroxyl groups is 1. The minimum absolute atomic E-state index is 0.0462. The summed E-state index contributed by atoms with van der Waals surface area (Å²) in [5, 5.41) is 10.6. The van der Waals surface area contributed by atoms with E-state index in [9.17, 15) is 9.90 Å². The minimum Gasteiger partial charge on any atom is -0.481 e. The van der Waals surface area contributed by atoms with Crippen molar-refractivity contribution in [3.63, 3.8) is 0 Å². The fourth-order valence-corrected chi connectivity index (χ4v) is 6.86. The Balaban J connectivity index is 1.27. The molecule has 3 aromatic heterocycles. The van der Waals surface area contributed by atoms with Gasteiger partial charge in [0.15, 0.2) is 5.43 Å². The molecule has 2 aliphatic heterocycles. The molecule has 3 fully saturated rings. The molecule has 9 nitrogen and oxygen atoms in total. The Kier molecular flexibility index (Phi) is 7.95. The number of piperidine rings is 1. The first-order valence-electron chi connectivity index (χ1n) is 15.7. The fraction of sp³-hybridized carbons (Fsp3) is 0.441. The van der Waals surface area contributed by atoms with E-state index in [4.69, 9.17) is 4.74 Å². The van der Waals surface area contributed by atoms with Crippen molar-refractivity contribution in [3.8, 4) is 5.88 Å². The van der Waals surface area contributed by atoms with Gasteiger partial charge in [0.2, 0.25) is 11.8 Å². The average molecular weight is 599 g/mol. The maximum atomic E-state index is 16.7. The molecule has 3 aliphatic rings. The van der Waals surface area contributed by atoms with Gasteiger partial charge in [-0.1, -0.05) is 0 Å². The molecule has 0 amide bonds. The molecule has 0 radical (unpaired) electrons. The molecule has 0 bridgehead atoms. The third kappa shape index (κ3) is 5.76. The van der Waals surface area contributed by atoms with Crippen molar-refractivity contribution in [2.24, 2.45) is 0 Å². The summed E-state index contributed by atoms with van der Waals surface area (Å²) in [6.45, 7) is 3.70. The topological polar surface area (TPSA) is 87.0 Å². The number of β-amino-alcohol motifs (C(OH)–C–C–N with tert-alkyl or cyclic N) is 1. The van der Waals surface area contributed by atoms with Gasteiger partial charge in [-0.2, -0.15) is 4.39 Å². The van der Waals surface area contributed by atoms with Gasteiger partial charge in [-0.25, -0.2) is 4.98 Å². The van der Waals surface area contributed by atoms with E-state index in [1.165, 1.54) is 0 Å². The molecule has 5 heterocycles. The van der Waals surface area contributed by atoms with Crippen molar-refractivity contribution in [1.29, 1.82) is 0 Å². The summed E-state index contributed by atoms with van der Waals surface area (Å²) in [6.07, 6.45) is 9.44. The van der Waals surface area contributed by atoms with Gasteiger partial charge in [0.05, 0.1) is 36.2 Å². The average Bonchev–Trinajstić information content (AvgIpc) is 3.80. The number of hydrogen-bond acceptors (Lipinski definition) is 8. The Labute approximate surface area is 256 Å². The number of anilines is 2. The lowest BCUT2D eigenvalue weighted by Crippen LogP contribution is -2.48. The van der Waals surface area contributed by atoms with Crippen molar-refractivity contribution in [3.05, 3.63) is 88.4 Å². The highest BCUT2D eigenvalue weighted by molar-refractivity contribution is 5.84. The number of hydrogen-bond donors (Lipinski definition) is 1. The first-order valence-corrected chi connectivity index (χ1v) is 15.7. The van der Waals surface area contributed by atoms with Crippen LogP contribution >= 0.6 is 0 Å². The third-order valence-corrected chi connectivity index (χ3v) is 9.34. The molecule has 4 aromatic rings. The van der Waals surface area contributed by atoms with Crippen molar-refractivity contribution < 1.29 is 14.2 Å². The molecule has 44 heavy (non-hydrogen) atoms. The summed E-state index contributed by atoms with van der Waals surface area (Å²) >= 11 is 0. The molecule has 7 rings (SSSR count). The monoisotopic (exact) mass is 598 g/mol. The van der Waals surface area contributed by atoms with Gasteiger partial charge in [0, 0.05) is 80.9 Å². The van der Waals surface area contributed by atoms with Crippen LogP contribution in [-0.2, 0) is 13.1 Å². The molecule has 10 heteroatoms. The second-order valence-electron chi connectivity index (χ2n) is 12.4. The van der Waals surface area contributed by atoms with E-state index < -0.39 is 5.95 Å². The zero-order chi connectivity index (χ0) is 30.2. The Morgan fingerprint density at radius 3 is 2.61 bits per heavy atom. The number of nitrogens with zero attached hydrogens (tertiary/aromatic N) is 6. The van der Waals surface area contributed by atoms with Crippen molar-refractivity contribution in [2.45, 2.75) is 63.4 Å². The van der Waals surface area contributed by atoms with Crippen molar-refractivity contribution in [1.82, 2.24) is 19.4 Å². The Bertz CT molecular complexity index is 1690. The number of methoxy groups -OCH3 is 1. The van der Waals surface area contributed by atoms with E-state index in [0.29, 0.717) is 36.3 Å². The quantitative estimate of drug-likeness (QED) is 0.282. The van der Waals surface area contributed by atoms with Crippen LogP contribution in [0.3, 0.4) is 0 Å². The minimum atomic E-state index is -0.430. The summed E-state index contributed by atoms with van der Waals surface area (Å²) < 4.78 is 23.8. The van der Waals surface area contributed by atoms with Crippen LogP contribution in [0.5, 0.6) is 5.88 Å². The van der Waals surface area contributed by atoms with Crippen LogP contribution in [0.25, 0.3) is 10.9 Å². The van der Waals surface area contributed by atoms with Gasteiger partial charge < -0.3 is 24.2 Å². The molecular weight excluding hydrogens is 559 g/mol. The van der Waals surface area contributed by atoms with E-state index in [2.05, 4.69) is 30.7 Å². The van der Waals surface area contributed by atoms with E-state index >= 15 is 4.39 Å². The summed E-state index contributed by atoms with van der Waals surface area (Å²) in [7, 11) is 1.60. The first-order chi connectivity index (χ1) is 21.5. The van der Waals surface area contributed by atoms with Crippen LogP contribution < -0.4 is 20.0 Å². The maximum Gasteiger partial charge on any atom is 0.213 e. The lowest BCUT2D eigenvalue weighted by Gasteiger charge is -2.40. The Hall–Kier alpha value is -4.02. The smallest absolute Gasteiger partial charge is 0.213 e. The largest absolute Gasteiger partial charge is 0.481 e. The predicted molar refractivity (Wildman–Crippen MR) is 169 cm³/mol. The molecule has 230 valence electrons. The van der Waals surface area contributed by atoms with Gasteiger partial charge in [-0.15, -0.1) is 0 Å². The van der Waals surface area contributed by atoms with E-state index in [-0.39, 0.29) is 35.7 Å². The first kappa shape index (κ1) is 28.7. The van der Waals surface area contributed by atoms with Gasteiger partial charge in [0.25, 0.3) is 0 Å². The highest BCUT2D eigenvalue weighted by Crippen LogP contribution is 2.39. The second-order valence-corrected chi connectivity index (χ2v) is 12.4. The summed E-state index contributed by atoms with van der Waals surface area (Å²) in [6, 6.07) is 13.7. The Morgan fingerprint density at radius 1 is 1.00 bits per heavy atom. The number of rotatable bonds is 9. The third-order valence-electron chi connectivity index (χ3n) is 9.34. The van der Waals surface area contributed by atoms with E-state index in [0.717, 1.165) is 62.3 Å². The zero-order valence-corrected chi connectivity index (χ0v) is 25.1. The lowest BCUT2D eigenvalue weighted by atomic mass is 10.0. The molecule has 0 unspecified atom stereocenters. The predicted octanol–water partition coefficient (Wildman–Crippen LogP) is 4.52. The van der Waals surface area contributed by atoms with Crippen LogP contribution in [-0.4, -0.2) is 70.0 Å². The number of benzene rings is 1. The lowest BCUT2D eigenvalue weighted by molar-refractivity contribution is 0.155. The zero-order valence-electron chi connectivity index (χ0n) is 25.1. The number of pyridine rings is 3. The number of aromatic nitrogens is 3. The number of aliphatic hydroxyl groups excluding tert-OH is 1.